The van der Waals surface area contributed by atoms with Crippen molar-refractivity contribution >= 4 is 23.4 Å². The van der Waals surface area contributed by atoms with Gasteiger partial charge in [0.25, 0.3) is 17.7 Å². The molecule has 164 valence electrons. The fourth-order valence-electron chi connectivity index (χ4n) is 3.97. The molecule has 2 aromatic heterocycles. The van der Waals surface area contributed by atoms with Crippen LogP contribution in [-0.2, 0) is 6.54 Å². The minimum atomic E-state index is -0.455. The molecular weight excluding hydrogens is 420 g/mol. The highest BCUT2D eigenvalue weighted by Gasteiger charge is 2.36. The summed E-state index contributed by atoms with van der Waals surface area (Å²) < 4.78 is 7.03. The summed E-state index contributed by atoms with van der Waals surface area (Å²) >= 11 is 0. The van der Waals surface area contributed by atoms with Gasteiger partial charge in [-0.3, -0.25) is 19.3 Å². The van der Waals surface area contributed by atoms with E-state index in [4.69, 9.17) is 4.42 Å². The number of para-hydroxylation sites is 2. The number of furan rings is 1. The van der Waals surface area contributed by atoms with E-state index in [1.54, 1.807) is 28.9 Å². The van der Waals surface area contributed by atoms with Gasteiger partial charge in [0.15, 0.2) is 0 Å². The van der Waals surface area contributed by atoms with Gasteiger partial charge in [-0.15, -0.1) is 0 Å². The zero-order valence-corrected chi connectivity index (χ0v) is 18.0. The average molecular weight is 440 g/mol. The summed E-state index contributed by atoms with van der Waals surface area (Å²) in [6.07, 6.45) is 1.49. The van der Waals surface area contributed by atoms with Gasteiger partial charge in [-0.25, -0.2) is 4.68 Å². The van der Waals surface area contributed by atoms with Crippen molar-refractivity contribution in [2.45, 2.75) is 20.4 Å². The van der Waals surface area contributed by atoms with Crippen molar-refractivity contribution in [3.8, 4) is 5.69 Å². The van der Waals surface area contributed by atoms with Crippen molar-refractivity contribution in [1.82, 2.24) is 14.7 Å². The second-order valence-electron chi connectivity index (χ2n) is 7.85. The maximum atomic E-state index is 13.0. The Morgan fingerprint density at radius 1 is 0.970 bits per heavy atom. The number of nitrogens with one attached hydrogen (secondary N) is 1. The molecule has 33 heavy (non-hydrogen) atoms. The van der Waals surface area contributed by atoms with E-state index in [-0.39, 0.29) is 23.2 Å². The van der Waals surface area contributed by atoms with Crippen LogP contribution in [0.4, 0.5) is 5.69 Å². The molecule has 4 aromatic rings. The Morgan fingerprint density at radius 2 is 1.76 bits per heavy atom. The molecule has 0 spiro atoms. The monoisotopic (exact) mass is 440 g/mol. The van der Waals surface area contributed by atoms with E-state index in [1.807, 2.05) is 38.1 Å². The van der Waals surface area contributed by atoms with E-state index in [2.05, 4.69) is 10.4 Å². The van der Waals surface area contributed by atoms with Crippen molar-refractivity contribution < 1.29 is 18.8 Å². The van der Waals surface area contributed by atoms with E-state index >= 15 is 0 Å². The standard InChI is InChI=1S/C25H20N4O4/c1-15-12-16(2)29(27-15)22-8-4-3-7-21(22)26-23(30)17-9-10-19-20(13-17)25(32)28(24(19)31)14-18-6-5-11-33-18/h3-13H,14H2,1-2H3,(H,26,30). The second-order valence-corrected chi connectivity index (χ2v) is 7.85. The summed E-state index contributed by atoms with van der Waals surface area (Å²) in [5.41, 5.74) is 3.86. The minimum Gasteiger partial charge on any atom is -0.467 e. The van der Waals surface area contributed by atoms with Gasteiger partial charge in [0.05, 0.1) is 41.0 Å². The molecule has 1 aliphatic heterocycles. The normalized spacial score (nSPS) is 12.8. The van der Waals surface area contributed by atoms with Gasteiger partial charge >= 0.3 is 0 Å². The molecule has 1 aliphatic rings. The minimum absolute atomic E-state index is 0.0386. The lowest BCUT2D eigenvalue weighted by molar-refractivity contribution is 0.0631. The molecule has 3 heterocycles. The number of rotatable bonds is 5. The maximum Gasteiger partial charge on any atom is 0.261 e. The van der Waals surface area contributed by atoms with Gasteiger partial charge in [0.2, 0.25) is 0 Å². The van der Waals surface area contributed by atoms with Crippen LogP contribution in [0.25, 0.3) is 5.69 Å². The molecule has 8 heteroatoms. The topological polar surface area (TPSA) is 97.4 Å². The first-order valence-electron chi connectivity index (χ1n) is 10.4. The van der Waals surface area contributed by atoms with E-state index in [0.717, 1.165) is 22.0 Å². The number of amides is 3. The van der Waals surface area contributed by atoms with E-state index in [9.17, 15) is 14.4 Å². The molecule has 0 bridgehead atoms. The van der Waals surface area contributed by atoms with Crippen molar-refractivity contribution in [1.29, 1.82) is 0 Å². The molecule has 2 aromatic carbocycles. The molecule has 1 N–H and O–H groups in total. The van der Waals surface area contributed by atoms with Crippen LogP contribution >= 0.6 is 0 Å². The van der Waals surface area contributed by atoms with Crippen LogP contribution in [0.2, 0.25) is 0 Å². The zero-order valence-electron chi connectivity index (χ0n) is 18.0. The number of nitrogens with zero attached hydrogens (tertiary/aromatic N) is 3. The molecule has 0 radical (unpaired) electrons. The quantitative estimate of drug-likeness (QED) is 0.471. The molecule has 0 fully saturated rings. The van der Waals surface area contributed by atoms with Gasteiger partial charge in [0, 0.05) is 11.3 Å². The lowest BCUT2D eigenvalue weighted by Crippen LogP contribution is -2.28. The smallest absolute Gasteiger partial charge is 0.261 e. The van der Waals surface area contributed by atoms with E-state index in [0.29, 0.717) is 11.4 Å². The Hall–Kier alpha value is -4.46. The van der Waals surface area contributed by atoms with Gasteiger partial charge in [-0.05, 0) is 62.4 Å². The average Bonchev–Trinajstić information content (AvgIpc) is 3.50. The molecular formula is C25H20N4O4. The Kier molecular flexibility index (Phi) is 4.90. The lowest BCUT2D eigenvalue weighted by Gasteiger charge is -2.13. The van der Waals surface area contributed by atoms with Crippen LogP contribution in [0, 0.1) is 13.8 Å². The fraction of sp³-hybridized carbons (Fsp3) is 0.120. The summed E-state index contributed by atoms with van der Waals surface area (Å²) in [6, 6.07) is 17.2. The summed E-state index contributed by atoms with van der Waals surface area (Å²) in [5, 5.41) is 7.40. The van der Waals surface area contributed by atoms with E-state index < -0.39 is 17.7 Å². The third-order valence-corrected chi connectivity index (χ3v) is 5.52. The summed E-state index contributed by atoms with van der Waals surface area (Å²) in [6.45, 7) is 3.88. The molecule has 0 saturated heterocycles. The van der Waals surface area contributed by atoms with Gasteiger partial charge in [0.1, 0.15) is 5.76 Å². The van der Waals surface area contributed by atoms with Crippen LogP contribution in [0.3, 0.4) is 0 Å². The van der Waals surface area contributed by atoms with Gasteiger partial charge in [-0.2, -0.15) is 5.10 Å². The lowest BCUT2D eigenvalue weighted by atomic mass is 10.1. The van der Waals surface area contributed by atoms with E-state index in [1.165, 1.54) is 18.4 Å². The molecule has 3 amide bonds. The summed E-state index contributed by atoms with van der Waals surface area (Å²) in [7, 11) is 0. The number of fused-ring (bicyclic) bond motifs is 1. The second kappa shape index (κ2) is 7.90. The number of aromatic nitrogens is 2. The van der Waals surface area contributed by atoms with Crippen molar-refractivity contribution in [2.24, 2.45) is 0 Å². The van der Waals surface area contributed by atoms with Crippen LogP contribution in [0.1, 0.15) is 48.2 Å². The van der Waals surface area contributed by atoms with Gasteiger partial charge < -0.3 is 9.73 Å². The SMILES string of the molecule is Cc1cc(C)n(-c2ccccc2NC(=O)c2ccc3c(c2)C(=O)N(Cc2ccco2)C3=O)n1. The van der Waals surface area contributed by atoms with Crippen molar-refractivity contribution in [3.63, 3.8) is 0 Å². The van der Waals surface area contributed by atoms with Crippen LogP contribution < -0.4 is 5.32 Å². The summed E-state index contributed by atoms with van der Waals surface area (Å²) in [5.74, 6) is -0.753. The number of aryl methyl sites for hydroxylation is 2. The molecule has 8 nitrogen and oxygen atoms in total. The number of anilines is 1. The predicted octanol–water partition coefficient (Wildman–Crippen LogP) is 4.13. The highest BCUT2D eigenvalue weighted by molar-refractivity contribution is 6.22. The van der Waals surface area contributed by atoms with Crippen LogP contribution in [-0.4, -0.2) is 32.4 Å². The third-order valence-electron chi connectivity index (χ3n) is 5.52. The fourth-order valence-corrected chi connectivity index (χ4v) is 3.97. The number of carbonyl (C=O) groups is 3. The predicted molar refractivity (Wildman–Crippen MR) is 120 cm³/mol. The number of carbonyl (C=O) groups excluding carboxylic acids is 3. The Bertz CT molecular complexity index is 1400. The number of imide groups is 1. The molecule has 0 unspecified atom stereocenters. The third kappa shape index (κ3) is 3.61. The Labute approximate surface area is 189 Å². The highest BCUT2D eigenvalue weighted by atomic mass is 16.3. The van der Waals surface area contributed by atoms with Gasteiger partial charge in [-0.1, -0.05) is 12.1 Å². The molecule has 0 saturated carbocycles. The first-order chi connectivity index (χ1) is 15.9. The first kappa shape index (κ1) is 20.4. The van der Waals surface area contributed by atoms with Crippen LogP contribution in [0.15, 0.2) is 71.3 Å². The maximum absolute atomic E-state index is 13.0. The molecule has 5 rings (SSSR count). The largest absolute Gasteiger partial charge is 0.467 e. The zero-order chi connectivity index (χ0) is 23.1. The first-order valence-corrected chi connectivity index (χ1v) is 10.4. The Balaban J connectivity index is 1.41. The number of benzene rings is 2. The number of hydrogen-bond acceptors (Lipinski definition) is 5. The van der Waals surface area contributed by atoms with Crippen molar-refractivity contribution in [2.75, 3.05) is 5.32 Å². The Morgan fingerprint density at radius 3 is 2.48 bits per heavy atom. The molecule has 0 aliphatic carbocycles. The molecule has 0 atom stereocenters. The highest BCUT2D eigenvalue weighted by Crippen LogP contribution is 2.27. The number of hydrogen-bond donors (Lipinski definition) is 1. The van der Waals surface area contributed by atoms with Crippen LogP contribution in [0.5, 0.6) is 0 Å². The summed E-state index contributed by atoms with van der Waals surface area (Å²) in [4.78, 5) is 39.7. The van der Waals surface area contributed by atoms with Crippen molar-refractivity contribution in [3.05, 3.63) is 101 Å².